The van der Waals surface area contributed by atoms with Crippen LogP contribution in [0.2, 0.25) is 5.15 Å². The van der Waals surface area contributed by atoms with Gasteiger partial charge in [0.05, 0.1) is 0 Å². The van der Waals surface area contributed by atoms with E-state index in [9.17, 15) is 14.0 Å². The molecule has 1 aromatic heterocycles. The Balaban J connectivity index is 1.66. The molecule has 0 unspecified atom stereocenters. The van der Waals surface area contributed by atoms with Gasteiger partial charge in [0.2, 0.25) is 5.91 Å². The molecule has 0 aliphatic carbocycles. The van der Waals surface area contributed by atoms with Crippen molar-refractivity contribution in [3.05, 3.63) is 88.5 Å². The molecule has 3 rings (SSSR count). The summed E-state index contributed by atoms with van der Waals surface area (Å²) < 4.78 is 14.6. The first kappa shape index (κ1) is 22.6. The van der Waals surface area contributed by atoms with Crippen molar-refractivity contribution in [2.45, 2.75) is 32.7 Å². The van der Waals surface area contributed by atoms with Gasteiger partial charge in [-0.25, -0.2) is 9.37 Å². The average Bonchev–Trinajstić information content (AvgIpc) is 2.79. The number of Topliss-reactive ketones (excluding diaryl/α,β-unsaturated/α-hetero) is 1. The van der Waals surface area contributed by atoms with E-state index in [4.69, 9.17) is 11.6 Å². The Kier molecular flexibility index (Phi) is 7.53. The van der Waals surface area contributed by atoms with E-state index < -0.39 is 0 Å². The quantitative estimate of drug-likeness (QED) is 0.333. The van der Waals surface area contributed by atoms with Crippen LogP contribution in [0.15, 0.2) is 60.8 Å². The van der Waals surface area contributed by atoms with Crippen LogP contribution in [0.3, 0.4) is 0 Å². The molecule has 0 aliphatic rings. The lowest BCUT2D eigenvalue weighted by Gasteiger charge is -2.17. The van der Waals surface area contributed by atoms with Crippen molar-refractivity contribution in [1.29, 1.82) is 0 Å². The van der Waals surface area contributed by atoms with Crippen LogP contribution in [0.4, 0.5) is 4.39 Å². The van der Waals surface area contributed by atoms with Crippen LogP contribution in [-0.2, 0) is 17.8 Å². The van der Waals surface area contributed by atoms with E-state index in [1.807, 2.05) is 24.3 Å². The molecule has 0 saturated heterocycles. The summed E-state index contributed by atoms with van der Waals surface area (Å²) >= 11 is 6.04. The van der Waals surface area contributed by atoms with Gasteiger partial charge in [0.1, 0.15) is 11.0 Å². The highest BCUT2D eigenvalue weighted by atomic mass is 35.5. The van der Waals surface area contributed by atoms with Gasteiger partial charge in [-0.15, -0.1) is 0 Å². The zero-order valence-electron chi connectivity index (χ0n) is 17.6. The van der Waals surface area contributed by atoms with Crippen LogP contribution in [0.1, 0.15) is 41.3 Å². The third-order valence-electron chi connectivity index (χ3n) is 5.19. The molecular weight excluding hydrogens is 415 g/mol. The fraction of sp³-hybridized carbons (Fsp3) is 0.240. The molecule has 2 aromatic carbocycles. The van der Waals surface area contributed by atoms with Crippen LogP contribution in [-0.4, -0.2) is 28.6 Å². The van der Waals surface area contributed by atoms with E-state index in [0.29, 0.717) is 41.1 Å². The number of hydrogen-bond donors (Lipinski definition) is 0. The van der Waals surface area contributed by atoms with Gasteiger partial charge in [-0.1, -0.05) is 61.0 Å². The van der Waals surface area contributed by atoms with Crippen LogP contribution < -0.4 is 0 Å². The molecule has 0 radical (unpaired) electrons. The van der Waals surface area contributed by atoms with Gasteiger partial charge >= 0.3 is 0 Å². The number of ketones is 1. The van der Waals surface area contributed by atoms with E-state index in [2.05, 4.69) is 4.98 Å². The molecule has 0 saturated carbocycles. The van der Waals surface area contributed by atoms with Crippen molar-refractivity contribution >= 4 is 23.3 Å². The highest BCUT2D eigenvalue weighted by molar-refractivity contribution is 6.30. The zero-order valence-corrected chi connectivity index (χ0v) is 18.3. The number of aryl methyl sites for hydroxylation is 1. The Hall–Kier alpha value is -3.05. The molecule has 0 fully saturated rings. The van der Waals surface area contributed by atoms with Gasteiger partial charge in [0.25, 0.3) is 0 Å². The fourth-order valence-corrected chi connectivity index (χ4v) is 3.53. The number of hydrogen-bond acceptors (Lipinski definition) is 3. The number of benzene rings is 2. The van der Waals surface area contributed by atoms with Gasteiger partial charge in [-0.05, 0) is 35.2 Å². The number of aromatic nitrogens is 1. The first-order valence-electron chi connectivity index (χ1n) is 10.1. The molecule has 3 aromatic rings. The van der Waals surface area contributed by atoms with E-state index in [0.717, 1.165) is 11.1 Å². The monoisotopic (exact) mass is 438 g/mol. The zero-order chi connectivity index (χ0) is 22.4. The number of nitrogens with zero attached hydrogens (tertiary/aromatic N) is 2. The second kappa shape index (κ2) is 10.3. The molecule has 6 heteroatoms. The van der Waals surface area contributed by atoms with E-state index in [-0.39, 0.29) is 24.1 Å². The van der Waals surface area contributed by atoms with Crippen molar-refractivity contribution in [2.75, 3.05) is 7.05 Å². The summed E-state index contributed by atoms with van der Waals surface area (Å²) in [4.78, 5) is 29.7. The van der Waals surface area contributed by atoms with Crippen molar-refractivity contribution in [2.24, 2.45) is 0 Å². The minimum atomic E-state index is -0.359. The summed E-state index contributed by atoms with van der Waals surface area (Å²) in [6.07, 6.45) is 2.86. The van der Waals surface area contributed by atoms with Crippen LogP contribution in [0.5, 0.6) is 0 Å². The smallest absolute Gasteiger partial charge is 0.222 e. The molecule has 31 heavy (non-hydrogen) atoms. The highest BCUT2D eigenvalue weighted by Gasteiger charge is 2.12. The van der Waals surface area contributed by atoms with E-state index in [1.165, 1.54) is 11.0 Å². The molecule has 1 amide bonds. The van der Waals surface area contributed by atoms with Gasteiger partial charge in [-0.2, -0.15) is 0 Å². The molecule has 0 aliphatic heterocycles. The first-order chi connectivity index (χ1) is 14.9. The predicted octanol–water partition coefficient (Wildman–Crippen LogP) is 5.73. The number of halogens is 2. The molecule has 0 N–H and O–H groups in total. The predicted molar refractivity (Wildman–Crippen MR) is 120 cm³/mol. The van der Waals surface area contributed by atoms with Gasteiger partial charge in [0.15, 0.2) is 5.78 Å². The Labute approximate surface area is 186 Å². The second-order valence-corrected chi connectivity index (χ2v) is 7.72. The number of amides is 1. The minimum absolute atomic E-state index is 0.0108. The molecular formula is C25H24ClFN2O2. The number of carbonyl (C=O) groups excluding carboxylic acids is 2. The Morgan fingerprint density at radius 3 is 2.39 bits per heavy atom. The van der Waals surface area contributed by atoms with Crippen LogP contribution >= 0.6 is 11.6 Å². The van der Waals surface area contributed by atoms with Gasteiger partial charge in [0, 0.05) is 43.8 Å². The largest absolute Gasteiger partial charge is 0.341 e. The third-order valence-corrected chi connectivity index (χ3v) is 5.53. The van der Waals surface area contributed by atoms with Crippen LogP contribution in [0.25, 0.3) is 11.1 Å². The molecule has 1 heterocycles. The highest BCUT2D eigenvalue weighted by Crippen LogP contribution is 2.24. The fourth-order valence-electron chi connectivity index (χ4n) is 3.32. The van der Waals surface area contributed by atoms with E-state index >= 15 is 0 Å². The average molecular weight is 439 g/mol. The number of pyridine rings is 1. The van der Waals surface area contributed by atoms with Gasteiger partial charge < -0.3 is 4.90 Å². The number of carbonyl (C=O) groups is 2. The molecule has 160 valence electrons. The second-order valence-electron chi connectivity index (χ2n) is 7.36. The molecule has 0 bridgehead atoms. The Morgan fingerprint density at radius 2 is 1.74 bits per heavy atom. The lowest BCUT2D eigenvalue weighted by Crippen LogP contribution is -2.25. The summed E-state index contributed by atoms with van der Waals surface area (Å²) in [5, 5.41) is 0.418. The normalized spacial score (nSPS) is 10.7. The topological polar surface area (TPSA) is 50.3 Å². The summed E-state index contributed by atoms with van der Waals surface area (Å²) in [5.74, 6) is -0.382. The Morgan fingerprint density at radius 1 is 1.03 bits per heavy atom. The van der Waals surface area contributed by atoms with Crippen LogP contribution in [0, 0.1) is 5.82 Å². The lowest BCUT2D eigenvalue weighted by atomic mass is 9.99. The summed E-state index contributed by atoms with van der Waals surface area (Å²) in [5.41, 5.74) is 3.44. The van der Waals surface area contributed by atoms with Crippen molar-refractivity contribution in [1.82, 2.24) is 9.88 Å². The first-order valence-corrected chi connectivity index (χ1v) is 10.5. The number of rotatable bonds is 8. The van der Waals surface area contributed by atoms with Crippen molar-refractivity contribution in [3.63, 3.8) is 0 Å². The molecule has 0 atom stereocenters. The van der Waals surface area contributed by atoms with Crippen molar-refractivity contribution in [3.8, 4) is 11.1 Å². The maximum atomic E-state index is 14.6. The maximum Gasteiger partial charge on any atom is 0.222 e. The lowest BCUT2D eigenvalue weighted by molar-refractivity contribution is -0.130. The molecule has 0 spiro atoms. The SMILES string of the molecule is CCC(=O)N(C)Cc1ccc(-c2ccc(C(=O)CCc3cccnc3Cl)cc2)cc1F. The van der Waals surface area contributed by atoms with E-state index in [1.54, 1.807) is 44.4 Å². The Bertz CT molecular complexity index is 1080. The van der Waals surface area contributed by atoms with Gasteiger partial charge in [-0.3, -0.25) is 9.59 Å². The standard InChI is InChI=1S/C25H24ClFN2O2/c1-3-24(31)29(2)16-21-11-10-20(15-22(21)27)17-6-8-18(9-7-17)23(30)13-12-19-5-4-14-28-25(19)26/h4-11,14-15H,3,12-13,16H2,1-2H3. The maximum absolute atomic E-state index is 14.6. The summed E-state index contributed by atoms with van der Waals surface area (Å²) in [6.45, 7) is 2.01. The summed E-state index contributed by atoms with van der Waals surface area (Å²) in [7, 11) is 1.66. The van der Waals surface area contributed by atoms with Crippen molar-refractivity contribution < 1.29 is 14.0 Å². The third kappa shape index (κ3) is 5.76. The molecule has 4 nitrogen and oxygen atoms in total. The summed E-state index contributed by atoms with van der Waals surface area (Å²) in [6, 6.07) is 15.8. The minimum Gasteiger partial charge on any atom is -0.341 e.